The number of hydrogen-bond donors (Lipinski definition) is 0. The molecule has 0 spiro atoms. The highest BCUT2D eigenvalue weighted by Crippen LogP contribution is 2.52. The van der Waals surface area contributed by atoms with Crippen molar-refractivity contribution in [2.45, 2.75) is 19.3 Å². The topological polar surface area (TPSA) is 29.5 Å². The Morgan fingerprint density at radius 3 is 1.98 bits per heavy atom. The Bertz CT molecular complexity index is 3440. The van der Waals surface area contributed by atoms with Crippen LogP contribution in [0.15, 0.2) is 197 Å². The molecule has 11 aromatic rings. The maximum Gasteiger partial charge on any atom is 0.143 e. The van der Waals surface area contributed by atoms with Crippen LogP contribution in [-0.4, -0.2) is 0 Å². The number of benzene rings is 9. The summed E-state index contributed by atoms with van der Waals surface area (Å²) in [4.78, 5) is 2.37. The molecule has 0 saturated carbocycles. The zero-order valence-corrected chi connectivity index (χ0v) is 32.2. The molecule has 0 unspecified atom stereocenters. The average Bonchev–Trinajstić information content (AvgIpc) is 3.92. The van der Waals surface area contributed by atoms with Crippen molar-refractivity contribution in [1.29, 1.82) is 0 Å². The zero-order valence-electron chi connectivity index (χ0n) is 32.2. The molecule has 1 aliphatic carbocycles. The SMILES string of the molecule is CC1(C)c2ccccc2-c2cccc(-c3ccc(N(c4cccc(-c5cccc6oc7c8ccccc8ccc7c56)c4)c4ccc5oc6ccccc6c5c4)cc3)c21. The lowest BCUT2D eigenvalue weighted by Crippen LogP contribution is -2.16. The summed E-state index contributed by atoms with van der Waals surface area (Å²) in [6, 6.07) is 67.7. The predicted octanol–water partition coefficient (Wildman–Crippen LogP) is 15.7. The molecule has 0 atom stereocenters. The summed E-state index contributed by atoms with van der Waals surface area (Å²) >= 11 is 0. The second-order valence-corrected chi connectivity index (χ2v) is 16.1. The van der Waals surface area contributed by atoms with Gasteiger partial charge in [0.15, 0.2) is 0 Å². The van der Waals surface area contributed by atoms with Crippen LogP contribution >= 0.6 is 0 Å². The molecule has 0 saturated heterocycles. The van der Waals surface area contributed by atoms with E-state index in [-0.39, 0.29) is 5.41 Å². The molecule has 2 heterocycles. The highest BCUT2D eigenvalue weighted by molar-refractivity contribution is 6.19. The van der Waals surface area contributed by atoms with Gasteiger partial charge in [-0.2, -0.15) is 0 Å². The lowest BCUT2D eigenvalue weighted by molar-refractivity contribution is 0.662. The fraction of sp³-hybridized carbons (Fsp3) is 0.0545. The maximum absolute atomic E-state index is 6.60. The number of rotatable bonds is 5. The minimum atomic E-state index is -0.104. The van der Waals surface area contributed by atoms with E-state index >= 15 is 0 Å². The number of hydrogen-bond acceptors (Lipinski definition) is 3. The maximum atomic E-state index is 6.60. The Morgan fingerprint density at radius 2 is 1.07 bits per heavy atom. The molecule has 3 heteroatoms. The summed E-state index contributed by atoms with van der Waals surface area (Å²) < 4.78 is 12.9. The summed E-state index contributed by atoms with van der Waals surface area (Å²) in [5.41, 5.74) is 16.8. The molecule has 1 aliphatic rings. The minimum absolute atomic E-state index is 0.104. The second kappa shape index (κ2) is 12.3. The molecule has 2 aromatic heterocycles. The van der Waals surface area contributed by atoms with E-state index in [4.69, 9.17) is 8.83 Å². The van der Waals surface area contributed by atoms with Crippen LogP contribution in [0, 0.1) is 0 Å². The van der Waals surface area contributed by atoms with Crippen LogP contribution in [0.4, 0.5) is 17.1 Å². The lowest BCUT2D eigenvalue weighted by atomic mass is 9.79. The predicted molar refractivity (Wildman–Crippen MR) is 242 cm³/mol. The third kappa shape index (κ3) is 4.80. The van der Waals surface area contributed by atoms with Crippen molar-refractivity contribution in [3.63, 3.8) is 0 Å². The van der Waals surface area contributed by atoms with E-state index in [1.54, 1.807) is 0 Å². The molecule has 58 heavy (non-hydrogen) atoms. The number of anilines is 3. The van der Waals surface area contributed by atoms with Crippen molar-refractivity contribution >= 4 is 71.7 Å². The van der Waals surface area contributed by atoms with Gasteiger partial charge in [0, 0.05) is 49.4 Å². The Labute approximate surface area is 336 Å². The standard InChI is InChI=1S/C55H37NO2/c1-55(2)48-21-7-5-16-43(48)45-20-10-19-41(53(45)55)35-24-27-37(28-25-35)56(39-29-31-50-47(33-39)44-17-6-8-22-49(44)57-50)38-14-9-13-36(32-38)40-18-11-23-51-52(40)46-30-26-34-12-3-4-15-42(34)54(46)58-51/h3-33H,1-2H3. The summed E-state index contributed by atoms with van der Waals surface area (Å²) in [5.74, 6) is 0. The van der Waals surface area contributed by atoms with Gasteiger partial charge in [-0.15, -0.1) is 0 Å². The van der Waals surface area contributed by atoms with Crippen LogP contribution in [-0.2, 0) is 5.41 Å². The van der Waals surface area contributed by atoms with Gasteiger partial charge in [-0.05, 0) is 111 Å². The fourth-order valence-electron chi connectivity index (χ4n) is 9.79. The van der Waals surface area contributed by atoms with E-state index in [0.29, 0.717) is 0 Å². The highest BCUT2D eigenvalue weighted by Gasteiger charge is 2.37. The lowest BCUT2D eigenvalue weighted by Gasteiger charge is -2.27. The Hall–Kier alpha value is -7.36. The van der Waals surface area contributed by atoms with Crippen molar-refractivity contribution < 1.29 is 8.83 Å². The van der Waals surface area contributed by atoms with Gasteiger partial charge in [-0.25, -0.2) is 0 Å². The summed E-state index contributed by atoms with van der Waals surface area (Å²) in [6.07, 6.45) is 0. The van der Waals surface area contributed by atoms with Gasteiger partial charge < -0.3 is 13.7 Å². The second-order valence-electron chi connectivity index (χ2n) is 16.1. The Morgan fingerprint density at radius 1 is 0.397 bits per heavy atom. The molecule has 12 rings (SSSR count). The normalized spacial score (nSPS) is 13.1. The molecule has 0 aliphatic heterocycles. The average molecular weight is 744 g/mol. The third-order valence-corrected chi connectivity index (χ3v) is 12.4. The van der Waals surface area contributed by atoms with Gasteiger partial charge in [-0.1, -0.05) is 141 Å². The first-order valence-electron chi connectivity index (χ1n) is 20.0. The highest BCUT2D eigenvalue weighted by atomic mass is 16.3. The van der Waals surface area contributed by atoms with Crippen LogP contribution in [0.1, 0.15) is 25.0 Å². The van der Waals surface area contributed by atoms with Gasteiger partial charge in [0.1, 0.15) is 22.3 Å². The summed E-state index contributed by atoms with van der Waals surface area (Å²) in [5, 5.41) is 6.75. The summed E-state index contributed by atoms with van der Waals surface area (Å²) in [7, 11) is 0. The van der Waals surface area contributed by atoms with Gasteiger partial charge in [0.2, 0.25) is 0 Å². The smallest absolute Gasteiger partial charge is 0.143 e. The van der Waals surface area contributed by atoms with Crippen molar-refractivity contribution in [3.8, 4) is 33.4 Å². The molecule has 0 fully saturated rings. The Balaban J connectivity index is 1.02. The third-order valence-electron chi connectivity index (χ3n) is 12.4. The molecular formula is C55H37NO2. The van der Waals surface area contributed by atoms with Gasteiger partial charge in [0.05, 0.1) is 0 Å². The monoisotopic (exact) mass is 743 g/mol. The van der Waals surface area contributed by atoms with Crippen molar-refractivity contribution in [1.82, 2.24) is 0 Å². The van der Waals surface area contributed by atoms with E-state index in [9.17, 15) is 0 Å². The van der Waals surface area contributed by atoms with E-state index in [1.807, 2.05) is 12.1 Å². The van der Waals surface area contributed by atoms with Crippen LogP contribution in [0.2, 0.25) is 0 Å². The molecular weight excluding hydrogens is 707 g/mol. The molecule has 0 N–H and O–H groups in total. The van der Waals surface area contributed by atoms with E-state index in [2.05, 4.69) is 195 Å². The minimum Gasteiger partial charge on any atom is -0.456 e. The van der Waals surface area contributed by atoms with Gasteiger partial charge >= 0.3 is 0 Å². The molecule has 0 amide bonds. The van der Waals surface area contributed by atoms with Crippen molar-refractivity contribution in [2.75, 3.05) is 4.90 Å². The molecule has 274 valence electrons. The summed E-state index contributed by atoms with van der Waals surface area (Å²) in [6.45, 7) is 4.71. The zero-order chi connectivity index (χ0) is 38.5. The van der Waals surface area contributed by atoms with Gasteiger partial charge in [0.25, 0.3) is 0 Å². The first-order valence-corrected chi connectivity index (χ1v) is 20.0. The van der Waals surface area contributed by atoms with Crippen LogP contribution in [0.5, 0.6) is 0 Å². The van der Waals surface area contributed by atoms with Crippen molar-refractivity contribution in [3.05, 3.63) is 199 Å². The first-order chi connectivity index (χ1) is 28.5. The van der Waals surface area contributed by atoms with Crippen LogP contribution < -0.4 is 4.90 Å². The van der Waals surface area contributed by atoms with Crippen molar-refractivity contribution in [2.24, 2.45) is 0 Å². The molecule has 0 radical (unpaired) electrons. The number of furan rings is 2. The van der Waals surface area contributed by atoms with E-state index < -0.39 is 0 Å². The van der Waals surface area contributed by atoms with Gasteiger partial charge in [-0.3, -0.25) is 0 Å². The van der Waals surface area contributed by atoms with E-state index in [0.717, 1.165) is 77.5 Å². The number of fused-ring (bicyclic) bond motifs is 11. The molecule has 9 aromatic carbocycles. The van der Waals surface area contributed by atoms with Crippen LogP contribution in [0.3, 0.4) is 0 Å². The van der Waals surface area contributed by atoms with E-state index in [1.165, 1.54) is 38.8 Å². The largest absolute Gasteiger partial charge is 0.456 e. The number of nitrogens with zero attached hydrogens (tertiary/aromatic N) is 1. The fourth-order valence-corrected chi connectivity index (χ4v) is 9.79. The van der Waals surface area contributed by atoms with Crippen LogP contribution in [0.25, 0.3) is 88.0 Å². The first kappa shape index (κ1) is 32.8. The molecule has 3 nitrogen and oxygen atoms in total. The Kier molecular flexibility index (Phi) is 6.98. The number of para-hydroxylation sites is 1. The quantitative estimate of drug-likeness (QED) is 0.176. The molecule has 0 bridgehead atoms.